The molecule has 0 aliphatic rings. The van der Waals surface area contributed by atoms with Crippen LogP contribution in [0.15, 0.2) is 60.9 Å². The van der Waals surface area contributed by atoms with E-state index in [1.165, 1.54) is 6.33 Å². The lowest BCUT2D eigenvalue weighted by atomic mass is 10.1. The minimum Gasteiger partial charge on any atom is -0.366 e. The number of hydrogen-bond donors (Lipinski definition) is 2. The molecule has 1 amide bonds. The van der Waals surface area contributed by atoms with Gasteiger partial charge in [0.15, 0.2) is 0 Å². The molecule has 0 radical (unpaired) electrons. The highest BCUT2D eigenvalue weighted by molar-refractivity contribution is 6.04. The molecule has 5 heteroatoms. The van der Waals surface area contributed by atoms with Crippen LogP contribution in [0.1, 0.15) is 27.2 Å². The lowest BCUT2D eigenvalue weighted by Gasteiger charge is -2.11. The Balaban J connectivity index is 1.71. The Morgan fingerprint density at radius 2 is 1.68 bits per heavy atom. The molecule has 3 rings (SSSR count). The molecule has 0 unspecified atom stereocenters. The maximum Gasteiger partial charge on any atom is 0.274 e. The molecule has 1 heterocycles. The van der Waals surface area contributed by atoms with Crippen molar-refractivity contribution in [3.63, 3.8) is 0 Å². The van der Waals surface area contributed by atoms with E-state index >= 15 is 0 Å². The zero-order chi connectivity index (χ0) is 17.6. The topological polar surface area (TPSA) is 66.9 Å². The first-order valence-electron chi connectivity index (χ1n) is 8.11. The molecule has 0 bridgehead atoms. The Labute approximate surface area is 147 Å². The zero-order valence-electron chi connectivity index (χ0n) is 14.3. The van der Waals surface area contributed by atoms with E-state index < -0.39 is 0 Å². The maximum atomic E-state index is 12.5. The first-order chi connectivity index (χ1) is 12.1. The standard InChI is InChI=1S/C20H20N4O/c1-14-7-6-8-15(2)19(14)24-20(25)17-11-18(23-13-22-17)21-12-16-9-4-3-5-10-16/h3-11,13H,12H2,1-2H3,(H,24,25)(H,21,22,23). The molecule has 126 valence electrons. The minimum absolute atomic E-state index is 0.248. The number of aryl methyl sites for hydroxylation is 2. The van der Waals surface area contributed by atoms with E-state index in [4.69, 9.17) is 0 Å². The second kappa shape index (κ2) is 7.57. The predicted molar refractivity (Wildman–Crippen MR) is 99.7 cm³/mol. The van der Waals surface area contributed by atoms with Crippen molar-refractivity contribution in [1.29, 1.82) is 0 Å². The summed E-state index contributed by atoms with van der Waals surface area (Å²) >= 11 is 0. The third kappa shape index (κ3) is 4.20. The molecular formula is C20H20N4O. The molecule has 2 aromatic carbocycles. The third-order valence-electron chi connectivity index (χ3n) is 3.94. The minimum atomic E-state index is -0.248. The van der Waals surface area contributed by atoms with Crippen LogP contribution in [0.25, 0.3) is 0 Å². The van der Waals surface area contributed by atoms with Gasteiger partial charge in [-0.05, 0) is 30.5 Å². The Bertz CT molecular complexity index is 858. The lowest BCUT2D eigenvalue weighted by molar-refractivity contribution is 0.102. The van der Waals surface area contributed by atoms with Gasteiger partial charge in [0, 0.05) is 18.3 Å². The van der Waals surface area contributed by atoms with Crippen LogP contribution < -0.4 is 10.6 Å². The van der Waals surface area contributed by atoms with Crippen molar-refractivity contribution >= 4 is 17.4 Å². The van der Waals surface area contributed by atoms with E-state index in [1.54, 1.807) is 6.07 Å². The predicted octanol–water partition coefficient (Wildman–Crippen LogP) is 3.96. The molecule has 0 saturated heterocycles. The van der Waals surface area contributed by atoms with Crippen molar-refractivity contribution in [3.05, 3.63) is 83.3 Å². The number of aromatic nitrogens is 2. The Morgan fingerprint density at radius 1 is 0.960 bits per heavy atom. The summed E-state index contributed by atoms with van der Waals surface area (Å²) in [5.74, 6) is 0.369. The van der Waals surface area contributed by atoms with Crippen molar-refractivity contribution in [2.24, 2.45) is 0 Å². The van der Waals surface area contributed by atoms with Gasteiger partial charge in [-0.3, -0.25) is 4.79 Å². The first-order valence-corrected chi connectivity index (χ1v) is 8.11. The normalized spacial score (nSPS) is 10.3. The second-order valence-corrected chi connectivity index (χ2v) is 5.85. The first kappa shape index (κ1) is 16.6. The molecule has 0 aliphatic heterocycles. The van der Waals surface area contributed by atoms with Crippen LogP contribution in [0.3, 0.4) is 0 Å². The van der Waals surface area contributed by atoms with Crippen LogP contribution >= 0.6 is 0 Å². The molecule has 0 spiro atoms. The van der Waals surface area contributed by atoms with Gasteiger partial charge in [0.1, 0.15) is 17.8 Å². The number of anilines is 2. The van der Waals surface area contributed by atoms with Crippen LogP contribution in [-0.2, 0) is 6.54 Å². The number of nitrogens with zero attached hydrogens (tertiary/aromatic N) is 2. The SMILES string of the molecule is Cc1cccc(C)c1NC(=O)c1cc(NCc2ccccc2)ncn1. The monoisotopic (exact) mass is 332 g/mol. The summed E-state index contributed by atoms with van der Waals surface area (Å²) in [6.45, 7) is 4.57. The summed E-state index contributed by atoms with van der Waals surface area (Å²) in [5, 5.41) is 6.15. The summed E-state index contributed by atoms with van der Waals surface area (Å²) < 4.78 is 0. The number of para-hydroxylation sites is 1. The number of benzene rings is 2. The van der Waals surface area contributed by atoms with Gasteiger partial charge in [0.05, 0.1) is 0 Å². The van der Waals surface area contributed by atoms with Gasteiger partial charge < -0.3 is 10.6 Å². The van der Waals surface area contributed by atoms with Crippen molar-refractivity contribution < 1.29 is 4.79 Å². The van der Waals surface area contributed by atoms with Crippen LogP contribution in [0.5, 0.6) is 0 Å². The summed E-state index contributed by atoms with van der Waals surface area (Å²) in [4.78, 5) is 20.8. The van der Waals surface area contributed by atoms with Gasteiger partial charge in [-0.25, -0.2) is 9.97 Å². The summed E-state index contributed by atoms with van der Waals surface area (Å²) in [5.41, 5.74) is 4.33. The zero-order valence-corrected chi connectivity index (χ0v) is 14.3. The second-order valence-electron chi connectivity index (χ2n) is 5.85. The highest BCUT2D eigenvalue weighted by Crippen LogP contribution is 2.20. The quantitative estimate of drug-likeness (QED) is 0.742. The maximum absolute atomic E-state index is 12.5. The molecule has 0 atom stereocenters. The molecule has 25 heavy (non-hydrogen) atoms. The van der Waals surface area contributed by atoms with Crippen LogP contribution in [-0.4, -0.2) is 15.9 Å². The van der Waals surface area contributed by atoms with E-state index in [9.17, 15) is 4.79 Å². The fourth-order valence-corrected chi connectivity index (χ4v) is 2.56. The summed E-state index contributed by atoms with van der Waals surface area (Å²) in [6.07, 6.45) is 1.40. The van der Waals surface area contributed by atoms with Gasteiger partial charge in [0.2, 0.25) is 0 Å². The largest absolute Gasteiger partial charge is 0.366 e. The molecule has 0 aliphatic carbocycles. The Morgan fingerprint density at radius 3 is 2.40 bits per heavy atom. The van der Waals surface area contributed by atoms with Crippen molar-refractivity contribution in [2.75, 3.05) is 10.6 Å². The number of amides is 1. The van der Waals surface area contributed by atoms with Gasteiger partial charge in [0.25, 0.3) is 5.91 Å². The van der Waals surface area contributed by atoms with E-state index in [-0.39, 0.29) is 5.91 Å². The highest BCUT2D eigenvalue weighted by Gasteiger charge is 2.12. The van der Waals surface area contributed by atoms with Crippen molar-refractivity contribution in [2.45, 2.75) is 20.4 Å². The number of carbonyl (C=O) groups is 1. The van der Waals surface area contributed by atoms with E-state index in [1.807, 2.05) is 62.4 Å². The highest BCUT2D eigenvalue weighted by atomic mass is 16.1. The lowest BCUT2D eigenvalue weighted by Crippen LogP contribution is -2.16. The fraction of sp³-hybridized carbons (Fsp3) is 0.150. The van der Waals surface area contributed by atoms with Gasteiger partial charge in [-0.15, -0.1) is 0 Å². The van der Waals surface area contributed by atoms with E-state index in [0.717, 1.165) is 22.4 Å². The Kier molecular flexibility index (Phi) is 5.04. The van der Waals surface area contributed by atoms with Crippen LogP contribution in [0.2, 0.25) is 0 Å². The molecule has 5 nitrogen and oxygen atoms in total. The molecule has 0 saturated carbocycles. The number of hydrogen-bond acceptors (Lipinski definition) is 4. The van der Waals surface area contributed by atoms with Crippen molar-refractivity contribution in [1.82, 2.24) is 9.97 Å². The summed E-state index contributed by atoms with van der Waals surface area (Å²) in [6, 6.07) is 17.6. The van der Waals surface area contributed by atoms with Gasteiger partial charge >= 0.3 is 0 Å². The van der Waals surface area contributed by atoms with Gasteiger partial charge in [-0.1, -0.05) is 48.5 Å². The molecule has 2 N–H and O–H groups in total. The van der Waals surface area contributed by atoms with Crippen molar-refractivity contribution in [3.8, 4) is 0 Å². The smallest absolute Gasteiger partial charge is 0.274 e. The average Bonchev–Trinajstić information content (AvgIpc) is 2.64. The fourth-order valence-electron chi connectivity index (χ4n) is 2.56. The van der Waals surface area contributed by atoms with Crippen LogP contribution in [0, 0.1) is 13.8 Å². The third-order valence-corrected chi connectivity index (χ3v) is 3.94. The number of carbonyl (C=O) groups excluding carboxylic acids is 1. The van der Waals surface area contributed by atoms with E-state index in [2.05, 4.69) is 20.6 Å². The summed E-state index contributed by atoms with van der Waals surface area (Å²) in [7, 11) is 0. The number of rotatable bonds is 5. The van der Waals surface area contributed by atoms with E-state index in [0.29, 0.717) is 18.1 Å². The average molecular weight is 332 g/mol. The van der Waals surface area contributed by atoms with Gasteiger partial charge in [-0.2, -0.15) is 0 Å². The van der Waals surface area contributed by atoms with Crippen LogP contribution in [0.4, 0.5) is 11.5 Å². The molecule has 3 aromatic rings. The molecular weight excluding hydrogens is 312 g/mol. The molecule has 0 fully saturated rings. The number of nitrogens with one attached hydrogen (secondary N) is 2. The Hall–Kier alpha value is -3.21. The molecule has 1 aromatic heterocycles.